The molecule has 140 valence electrons. The molecule has 1 fully saturated rings. The number of carbonyl (C=O) groups excluding carboxylic acids is 1. The van der Waals surface area contributed by atoms with Crippen LogP contribution in [0.3, 0.4) is 0 Å². The lowest BCUT2D eigenvalue weighted by atomic mass is 10.3. The van der Waals surface area contributed by atoms with E-state index in [0.717, 1.165) is 53.1 Å². The molecule has 3 aromatic rings. The Hall–Kier alpha value is -2.23. The van der Waals surface area contributed by atoms with Crippen LogP contribution in [0.15, 0.2) is 35.6 Å². The van der Waals surface area contributed by atoms with E-state index in [0.29, 0.717) is 10.7 Å². The number of amides is 1. The number of carbonyl (C=O) groups is 1. The number of morpholine rings is 1. The Morgan fingerprint density at radius 1 is 1.30 bits per heavy atom. The van der Waals surface area contributed by atoms with E-state index < -0.39 is 0 Å². The van der Waals surface area contributed by atoms with Gasteiger partial charge in [0.1, 0.15) is 5.03 Å². The zero-order valence-electron chi connectivity index (χ0n) is 14.8. The largest absolute Gasteiger partial charge is 0.378 e. The maximum absolute atomic E-state index is 12.6. The molecule has 0 unspecified atom stereocenters. The number of hydrogen-bond acceptors (Lipinski definition) is 8. The van der Waals surface area contributed by atoms with Crippen molar-refractivity contribution in [2.45, 2.75) is 11.9 Å². The van der Waals surface area contributed by atoms with Gasteiger partial charge < -0.3 is 15.0 Å². The van der Waals surface area contributed by atoms with Crippen molar-refractivity contribution in [3.05, 3.63) is 36.3 Å². The highest BCUT2D eigenvalue weighted by molar-refractivity contribution is 7.99. The van der Waals surface area contributed by atoms with Crippen molar-refractivity contribution in [3.8, 4) is 0 Å². The van der Waals surface area contributed by atoms with E-state index in [1.807, 2.05) is 25.1 Å². The summed E-state index contributed by atoms with van der Waals surface area (Å²) in [7, 11) is 0. The Bertz CT molecular complexity index is 956. The molecule has 4 rings (SSSR count). The summed E-state index contributed by atoms with van der Waals surface area (Å²) in [5.74, 6) is 0.576. The van der Waals surface area contributed by atoms with Crippen LogP contribution in [0.4, 0.5) is 10.8 Å². The second-order valence-electron chi connectivity index (χ2n) is 5.88. The van der Waals surface area contributed by atoms with Crippen molar-refractivity contribution in [2.75, 3.05) is 42.3 Å². The molecule has 1 saturated heterocycles. The zero-order valence-corrected chi connectivity index (χ0v) is 16.5. The molecule has 0 radical (unpaired) electrons. The Kier molecular flexibility index (Phi) is 5.51. The number of nitrogens with one attached hydrogen (secondary N) is 1. The number of rotatable bonds is 5. The predicted molar refractivity (Wildman–Crippen MR) is 109 cm³/mol. The third kappa shape index (κ3) is 4.05. The molecule has 1 aliphatic rings. The monoisotopic (exact) mass is 401 g/mol. The predicted octanol–water partition coefficient (Wildman–Crippen LogP) is 3.29. The standard InChI is InChI=1S/C18H19N5O2S2/c1-2-26-17-15(19-5-6-20-17)16(24)21-12-3-4-13-14(11-12)27-18(22-13)23-7-9-25-10-8-23/h3-6,11H,2,7-10H2,1H3,(H,21,24). The first-order valence-electron chi connectivity index (χ1n) is 8.73. The Morgan fingerprint density at radius 3 is 2.93 bits per heavy atom. The van der Waals surface area contributed by atoms with Gasteiger partial charge in [0.05, 0.1) is 23.4 Å². The number of thiazole rings is 1. The van der Waals surface area contributed by atoms with Gasteiger partial charge in [-0.2, -0.15) is 0 Å². The maximum atomic E-state index is 12.6. The molecule has 1 aliphatic heterocycles. The first kappa shape index (κ1) is 18.1. The number of thioether (sulfide) groups is 1. The number of fused-ring (bicyclic) bond motifs is 1. The van der Waals surface area contributed by atoms with Crippen molar-refractivity contribution >= 4 is 50.0 Å². The second-order valence-corrected chi connectivity index (χ2v) is 8.14. The van der Waals surface area contributed by atoms with E-state index >= 15 is 0 Å². The normalized spacial score (nSPS) is 14.5. The summed E-state index contributed by atoms with van der Waals surface area (Å²) in [6.07, 6.45) is 3.14. The van der Waals surface area contributed by atoms with Gasteiger partial charge in [0.2, 0.25) is 0 Å². The lowest BCUT2D eigenvalue weighted by Crippen LogP contribution is -2.36. The molecular weight excluding hydrogens is 382 g/mol. The van der Waals surface area contributed by atoms with Crippen molar-refractivity contribution in [3.63, 3.8) is 0 Å². The molecule has 1 amide bonds. The lowest BCUT2D eigenvalue weighted by Gasteiger charge is -2.25. The summed E-state index contributed by atoms with van der Waals surface area (Å²) in [4.78, 5) is 28.0. The summed E-state index contributed by atoms with van der Waals surface area (Å²) in [5, 5.41) is 4.57. The van der Waals surface area contributed by atoms with Crippen LogP contribution in [0.5, 0.6) is 0 Å². The highest BCUT2D eigenvalue weighted by Gasteiger charge is 2.17. The van der Waals surface area contributed by atoms with Gasteiger partial charge in [-0.1, -0.05) is 18.3 Å². The van der Waals surface area contributed by atoms with Crippen LogP contribution in [0.25, 0.3) is 10.2 Å². The van der Waals surface area contributed by atoms with Gasteiger partial charge in [-0.3, -0.25) is 4.79 Å². The Balaban J connectivity index is 1.54. The molecule has 0 saturated carbocycles. The van der Waals surface area contributed by atoms with Gasteiger partial charge in [0.15, 0.2) is 10.8 Å². The van der Waals surface area contributed by atoms with Crippen LogP contribution in [0.1, 0.15) is 17.4 Å². The molecule has 27 heavy (non-hydrogen) atoms. The minimum atomic E-state index is -0.253. The van der Waals surface area contributed by atoms with Crippen molar-refractivity contribution in [2.24, 2.45) is 0 Å². The highest BCUT2D eigenvalue weighted by Crippen LogP contribution is 2.31. The molecule has 9 heteroatoms. The minimum absolute atomic E-state index is 0.253. The third-order valence-electron chi connectivity index (χ3n) is 4.08. The number of anilines is 2. The molecule has 0 aliphatic carbocycles. The quantitative estimate of drug-likeness (QED) is 0.657. The smallest absolute Gasteiger partial charge is 0.277 e. The van der Waals surface area contributed by atoms with Crippen LogP contribution in [0.2, 0.25) is 0 Å². The Labute approximate surface area is 165 Å². The van der Waals surface area contributed by atoms with Gasteiger partial charge in [-0.05, 0) is 24.0 Å². The van der Waals surface area contributed by atoms with Gasteiger partial charge >= 0.3 is 0 Å². The van der Waals surface area contributed by atoms with Gasteiger partial charge in [-0.15, -0.1) is 11.8 Å². The maximum Gasteiger partial charge on any atom is 0.277 e. The molecule has 0 bridgehead atoms. The van der Waals surface area contributed by atoms with Crippen LogP contribution < -0.4 is 10.2 Å². The van der Waals surface area contributed by atoms with Crippen LogP contribution in [-0.2, 0) is 4.74 Å². The topological polar surface area (TPSA) is 80.2 Å². The molecule has 1 N–H and O–H groups in total. The molecule has 0 spiro atoms. The van der Waals surface area contributed by atoms with Crippen molar-refractivity contribution in [1.82, 2.24) is 15.0 Å². The van der Waals surface area contributed by atoms with Crippen LogP contribution in [0, 0.1) is 0 Å². The van der Waals surface area contributed by atoms with E-state index in [1.54, 1.807) is 17.5 Å². The molecule has 2 aromatic heterocycles. The van der Waals surface area contributed by atoms with Crippen molar-refractivity contribution in [1.29, 1.82) is 0 Å². The second kappa shape index (κ2) is 8.20. The summed E-state index contributed by atoms with van der Waals surface area (Å²) in [6.45, 7) is 5.19. The summed E-state index contributed by atoms with van der Waals surface area (Å²) in [5.41, 5.74) is 2.01. The summed E-state index contributed by atoms with van der Waals surface area (Å²) >= 11 is 3.13. The highest BCUT2D eigenvalue weighted by atomic mass is 32.2. The fourth-order valence-electron chi connectivity index (χ4n) is 2.79. The average Bonchev–Trinajstić information content (AvgIpc) is 3.13. The van der Waals surface area contributed by atoms with Gasteiger partial charge in [-0.25, -0.2) is 15.0 Å². The van der Waals surface area contributed by atoms with Crippen LogP contribution in [-0.4, -0.2) is 52.9 Å². The van der Waals surface area contributed by atoms with E-state index in [1.165, 1.54) is 18.0 Å². The zero-order chi connectivity index (χ0) is 18.6. The van der Waals surface area contributed by atoms with Crippen LogP contribution >= 0.6 is 23.1 Å². The molecule has 0 atom stereocenters. The average molecular weight is 402 g/mol. The van der Waals surface area contributed by atoms with Crippen molar-refractivity contribution < 1.29 is 9.53 Å². The number of aromatic nitrogens is 3. The number of hydrogen-bond donors (Lipinski definition) is 1. The SMILES string of the molecule is CCSc1nccnc1C(=O)Nc1ccc2nc(N3CCOCC3)sc2c1. The molecule has 3 heterocycles. The minimum Gasteiger partial charge on any atom is -0.378 e. The molecular formula is C18H19N5O2S2. The number of ether oxygens (including phenoxy) is 1. The van der Waals surface area contributed by atoms with Gasteiger partial charge in [0, 0.05) is 31.2 Å². The molecule has 7 nitrogen and oxygen atoms in total. The van der Waals surface area contributed by atoms with Gasteiger partial charge in [0.25, 0.3) is 5.91 Å². The fourth-order valence-corrected chi connectivity index (χ4v) is 4.54. The first-order valence-corrected chi connectivity index (χ1v) is 10.5. The third-order valence-corrected chi connectivity index (χ3v) is 6.02. The van der Waals surface area contributed by atoms with E-state index in [9.17, 15) is 4.79 Å². The summed E-state index contributed by atoms with van der Waals surface area (Å²) in [6, 6.07) is 5.76. The van der Waals surface area contributed by atoms with E-state index in [4.69, 9.17) is 9.72 Å². The fraction of sp³-hybridized carbons (Fsp3) is 0.333. The first-order chi connectivity index (χ1) is 13.2. The molecule has 1 aromatic carbocycles. The Morgan fingerprint density at radius 2 is 2.11 bits per heavy atom. The van der Waals surface area contributed by atoms with E-state index in [2.05, 4.69) is 20.2 Å². The number of nitrogens with zero attached hydrogens (tertiary/aromatic N) is 4. The number of benzene rings is 1. The summed E-state index contributed by atoms with van der Waals surface area (Å²) < 4.78 is 6.44. The lowest BCUT2D eigenvalue weighted by molar-refractivity contribution is 0.101. The van der Waals surface area contributed by atoms with E-state index in [-0.39, 0.29) is 5.91 Å².